The number of benzene rings is 1. The SMILES string of the molecule is c1cc(CNC2CC2)cc(NC2CCCCC2)c1. The molecule has 0 aromatic heterocycles. The second-order valence-electron chi connectivity index (χ2n) is 5.83. The third kappa shape index (κ3) is 3.49. The summed E-state index contributed by atoms with van der Waals surface area (Å²) in [6.07, 6.45) is 9.60. The minimum Gasteiger partial charge on any atom is -0.382 e. The van der Waals surface area contributed by atoms with Crippen LogP contribution in [0.3, 0.4) is 0 Å². The number of anilines is 1. The quantitative estimate of drug-likeness (QED) is 0.825. The summed E-state index contributed by atoms with van der Waals surface area (Å²) in [6.45, 7) is 1.02. The molecule has 2 nitrogen and oxygen atoms in total. The van der Waals surface area contributed by atoms with Crippen LogP contribution in [0.15, 0.2) is 24.3 Å². The van der Waals surface area contributed by atoms with Crippen LogP contribution in [0, 0.1) is 0 Å². The Morgan fingerprint density at radius 3 is 2.56 bits per heavy atom. The summed E-state index contributed by atoms with van der Waals surface area (Å²) in [5, 5.41) is 7.27. The molecule has 0 heterocycles. The largest absolute Gasteiger partial charge is 0.382 e. The van der Waals surface area contributed by atoms with E-state index in [-0.39, 0.29) is 0 Å². The molecular formula is C16H24N2. The molecule has 0 amide bonds. The first-order valence-electron chi connectivity index (χ1n) is 7.49. The van der Waals surface area contributed by atoms with Gasteiger partial charge in [-0.25, -0.2) is 0 Å². The molecule has 2 heteroatoms. The van der Waals surface area contributed by atoms with Gasteiger partial charge >= 0.3 is 0 Å². The van der Waals surface area contributed by atoms with Crippen LogP contribution < -0.4 is 10.6 Å². The molecule has 0 saturated heterocycles. The standard InChI is InChI=1S/C16H24N2/c1-2-6-15(7-3-1)18-16-8-4-5-13(11-16)12-17-14-9-10-14/h4-5,8,11,14-15,17-18H,1-3,6-7,9-10,12H2. The Bertz CT molecular complexity index is 378. The summed E-state index contributed by atoms with van der Waals surface area (Å²) >= 11 is 0. The Morgan fingerprint density at radius 2 is 1.78 bits per heavy atom. The summed E-state index contributed by atoms with van der Waals surface area (Å²) < 4.78 is 0. The highest BCUT2D eigenvalue weighted by Crippen LogP contribution is 2.23. The molecule has 1 aromatic carbocycles. The number of hydrogen-bond acceptors (Lipinski definition) is 2. The minimum atomic E-state index is 0.699. The van der Waals surface area contributed by atoms with E-state index in [1.807, 2.05) is 0 Å². The molecule has 18 heavy (non-hydrogen) atoms. The van der Waals surface area contributed by atoms with Crippen LogP contribution in [-0.2, 0) is 6.54 Å². The molecule has 0 atom stereocenters. The lowest BCUT2D eigenvalue weighted by Gasteiger charge is -2.24. The highest BCUT2D eigenvalue weighted by molar-refractivity contribution is 5.46. The van der Waals surface area contributed by atoms with Crippen molar-refractivity contribution < 1.29 is 0 Å². The van der Waals surface area contributed by atoms with Gasteiger partial charge in [0.2, 0.25) is 0 Å². The van der Waals surface area contributed by atoms with E-state index >= 15 is 0 Å². The highest BCUT2D eigenvalue weighted by atomic mass is 14.9. The molecule has 0 spiro atoms. The number of hydrogen-bond donors (Lipinski definition) is 2. The lowest BCUT2D eigenvalue weighted by molar-refractivity contribution is 0.462. The maximum absolute atomic E-state index is 3.70. The zero-order chi connectivity index (χ0) is 12.2. The first-order chi connectivity index (χ1) is 8.90. The zero-order valence-electron chi connectivity index (χ0n) is 11.1. The van der Waals surface area contributed by atoms with Crippen molar-refractivity contribution in [1.82, 2.24) is 5.32 Å². The highest BCUT2D eigenvalue weighted by Gasteiger charge is 2.20. The average Bonchev–Trinajstić information content (AvgIpc) is 3.22. The van der Waals surface area contributed by atoms with Gasteiger partial charge in [0.05, 0.1) is 0 Å². The molecule has 2 aliphatic carbocycles. The van der Waals surface area contributed by atoms with Crippen LogP contribution in [0.1, 0.15) is 50.5 Å². The monoisotopic (exact) mass is 244 g/mol. The maximum Gasteiger partial charge on any atom is 0.0345 e. The Labute approximate surface area is 110 Å². The van der Waals surface area contributed by atoms with Crippen molar-refractivity contribution in [3.05, 3.63) is 29.8 Å². The van der Waals surface area contributed by atoms with Gasteiger partial charge in [0, 0.05) is 24.3 Å². The molecule has 2 fully saturated rings. The van der Waals surface area contributed by atoms with Crippen molar-refractivity contribution in [1.29, 1.82) is 0 Å². The first-order valence-corrected chi connectivity index (χ1v) is 7.49. The third-order valence-electron chi connectivity index (χ3n) is 4.08. The van der Waals surface area contributed by atoms with Gasteiger partial charge in [-0.3, -0.25) is 0 Å². The molecule has 2 N–H and O–H groups in total. The minimum absolute atomic E-state index is 0.699. The normalized spacial score (nSPS) is 20.9. The van der Waals surface area contributed by atoms with E-state index in [0.717, 1.165) is 12.6 Å². The number of rotatable bonds is 5. The van der Waals surface area contributed by atoms with Crippen molar-refractivity contribution in [2.24, 2.45) is 0 Å². The van der Waals surface area contributed by atoms with E-state index in [1.54, 1.807) is 0 Å². The topological polar surface area (TPSA) is 24.1 Å². The predicted molar refractivity (Wildman–Crippen MR) is 76.8 cm³/mol. The number of nitrogens with one attached hydrogen (secondary N) is 2. The van der Waals surface area contributed by atoms with Gasteiger partial charge < -0.3 is 10.6 Å². The van der Waals surface area contributed by atoms with Crippen molar-refractivity contribution in [2.45, 2.75) is 63.6 Å². The third-order valence-corrected chi connectivity index (χ3v) is 4.08. The van der Waals surface area contributed by atoms with Crippen molar-refractivity contribution in [3.8, 4) is 0 Å². The lowest BCUT2D eigenvalue weighted by atomic mass is 9.95. The molecule has 2 saturated carbocycles. The van der Waals surface area contributed by atoms with E-state index in [0.29, 0.717) is 6.04 Å². The second-order valence-corrected chi connectivity index (χ2v) is 5.83. The van der Waals surface area contributed by atoms with Crippen molar-refractivity contribution in [3.63, 3.8) is 0 Å². The van der Waals surface area contributed by atoms with Crippen LogP contribution in [0.5, 0.6) is 0 Å². The fourth-order valence-corrected chi connectivity index (χ4v) is 2.80. The van der Waals surface area contributed by atoms with E-state index < -0.39 is 0 Å². The van der Waals surface area contributed by atoms with Gasteiger partial charge in [0.1, 0.15) is 0 Å². The molecular weight excluding hydrogens is 220 g/mol. The van der Waals surface area contributed by atoms with Crippen molar-refractivity contribution in [2.75, 3.05) is 5.32 Å². The van der Waals surface area contributed by atoms with E-state index in [2.05, 4.69) is 34.9 Å². The van der Waals surface area contributed by atoms with Gasteiger partial charge in [-0.1, -0.05) is 31.4 Å². The van der Waals surface area contributed by atoms with Crippen LogP contribution in [0.4, 0.5) is 5.69 Å². The summed E-state index contributed by atoms with van der Waals surface area (Å²) in [4.78, 5) is 0. The Kier molecular flexibility index (Phi) is 3.84. The average molecular weight is 244 g/mol. The van der Waals surface area contributed by atoms with Crippen molar-refractivity contribution >= 4 is 5.69 Å². The van der Waals surface area contributed by atoms with Crippen LogP contribution in [0.2, 0.25) is 0 Å². The van der Waals surface area contributed by atoms with E-state index in [4.69, 9.17) is 0 Å². The lowest BCUT2D eigenvalue weighted by Crippen LogP contribution is -2.22. The fraction of sp³-hybridized carbons (Fsp3) is 0.625. The summed E-state index contributed by atoms with van der Waals surface area (Å²) in [7, 11) is 0. The van der Waals surface area contributed by atoms with Gasteiger partial charge in [-0.2, -0.15) is 0 Å². The van der Waals surface area contributed by atoms with Crippen LogP contribution in [0.25, 0.3) is 0 Å². The van der Waals surface area contributed by atoms with Gasteiger partial charge in [-0.05, 0) is 43.4 Å². The fourth-order valence-electron chi connectivity index (χ4n) is 2.80. The molecule has 3 rings (SSSR count). The van der Waals surface area contributed by atoms with Gasteiger partial charge in [0.15, 0.2) is 0 Å². The molecule has 1 aromatic rings. The Balaban J connectivity index is 1.55. The summed E-state index contributed by atoms with van der Waals surface area (Å²) in [5.74, 6) is 0. The van der Waals surface area contributed by atoms with Crippen LogP contribution in [-0.4, -0.2) is 12.1 Å². The molecule has 98 valence electrons. The molecule has 0 radical (unpaired) electrons. The van der Waals surface area contributed by atoms with E-state index in [1.165, 1.54) is 56.2 Å². The smallest absolute Gasteiger partial charge is 0.0345 e. The Hall–Kier alpha value is -1.02. The van der Waals surface area contributed by atoms with E-state index in [9.17, 15) is 0 Å². The first kappa shape index (κ1) is 12.0. The summed E-state index contributed by atoms with van der Waals surface area (Å²) in [5.41, 5.74) is 2.71. The maximum atomic E-state index is 3.70. The molecule has 0 aliphatic heterocycles. The second kappa shape index (κ2) is 5.75. The van der Waals surface area contributed by atoms with Crippen LogP contribution >= 0.6 is 0 Å². The molecule has 0 bridgehead atoms. The Morgan fingerprint density at radius 1 is 0.944 bits per heavy atom. The zero-order valence-corrected chi connectivity index (χ0v) is 11.1. The molecule has 2 aliphatic rings. The predicted octanol–water partition coefficient (Wildman–Crippen LogP) is 3.68. The van der Waals surface area contributed by atoms with Gasteiger partial charge in [-0.15, -0.1) is 0 Å². The molecule has 0 unspecified atom stereocenters. The summed E-state index contributed by atoms with van der Waals surface area (Å²) in [6, 6.07) is 10.4. The van der Waals surface area contributed by atoms with Gasteiger partial charge in [0.25, 0.3) is 0 Å².